The predicted molar refractivity (Wildman–Crippen MR) is 111 cm³/mol. The van der Waals surface area contributed by atoms with Gasteiger partial charge in [0.1, 0.15) is 12.1 Å². The van der Waals surface area contributed by atoms with Crippen LogP contribution in [-0.2, 0) is 11.3 Å². The van der Waals surface area contributed by atoms with Crippen LogP contribution in [0.5, 0.6) is 0 Å². The van der Waals surface area contributed by atoms with Gasteiger partial charge in [0.15, 0.2) is 0 Å². The SMILES string of the molecule is Cc1nc2cccc(CNC(=O)c3ccccc3)c2c(=O)n1C1CCC(=O)NC1O. The molecule has 30 heavy (non-hydrogen) atoms. The largest absolute Gasteiger partial charge is 0.372 e. The van der Waals surface area contributed by atoms with Gasteiger partial charge in [0.05, 0.1) is 16.9 Å². The maximum absolute atomic E-state index is 13.4. The Labute approximate surface area is 172 Å². The van der Waals surface area contributed by atoms with Crippen LogP contribution < -0.4 is 16.2 Å². The monoisotopic (exact) mass is 406 g/mol. The number of aryl methyl sites for hydroxylation is 1. The molecule has 3 aromatic rings. The molecule has 2 heterocycles. The molecule has 1 saturated heterocycles. The van der Waals surface area contributed by atoms with Gasteiger partial charge in [-0.2, -0.15) is 0 Å². The highest BCUT2D eigenvalue weighted by molar-refractivity contribution is 5.94. The van der Waals surface area contributed by atoms with Gasteiger partial charge in [-0.15, -0.1) is 0 Å². The van der Waals surface area contributed by atoms with E-state index in [9.17, 15) is 19.5 Å². The lowest BCUT2D eigenvalue weighted by atomic mass is 10.0. The summed E-state index contributed by atoms with van der Waals surface area (Å²) in [6.45, 7) is 1.86. The Kier molecular flexibility index (Phi) is 5.33. The molecule has 2 atom stereocenters. The molecule has 0 saturated carbocycles. The second-order valence-electron chi connectivity index (χ2n) is 7.31. The Morgan fingerprint density at radius 1 is 1.20 bits per heavy atom. The van der Waals surface area contributed by atoms with E-state index in [-0.39, 0.29) is 30.3 Å². The Morgan fingerprint density at radius 3 is 2.70 bits per heavy atom. The third-order valence-electron chi connectivity index (χ3n) is 5.34. The van der Waals surface area contributed by atoms with E-state index in [1.165, 1.54) is 4.57 Å². The Balaban J connectivity index is 1.70. The number of benzene rings is 2. The van der Waals surface area contributed by atoms with Crippen molar-refractivity contribution in [2.24, 2.45) is 0 Å². The summed E-state index contributed by atoms with van der Waals surface area (Å²) in [5.74, 6) is -0.0286. The van der Waals surface area contributed by atoms with E-state index in [2.05, 4.69) is 15.6 Å². The van der Waals surface area contributed by atoms with Gasteiger partial charge in [0.2, 0.25) is 5.91 Å². The number of nitrogens with zero attached hydrogens (tertiary/aromatic N) is 2. The third-order valence-corrected chi connectivity index (χ3v) is 5.34. The van der Waals surface area contributed by atoms with Crippen molar-refractivity contribution in [2.75, 3.05) is 0 Å². The quantitative estimate of drug-likeness (QED) is 0.606. The van der Waals surface area contributed by atoms with Crippen molar-refractivity contribution in [1.82, 2.24) is 20.2 Å². The maximum Gasteiger partial charge on any atom is 0.262 e. The van der Waals surface area contributed by atoms with Crippen molar-refractivity contribution in [1.29, 1.82) is 0 Å². The maximum atomic E-state index is 13.4. The number of nitrogens with one attached hydrogen (secondary N) is 2. The number of hydrogen-bond donors (Lipinski definition) is 3. The lowest BCUT2D eigenvalue weighted by molar-refractivity contribution is -0.128. The summed E-state index contributed by atoms with van der Waals surface area (Å²) in [6, 6.07) is 13.5. The zero-order chi connectivity index (χ0) is 21.3. The first-order valence-corrected chi connectivity index (χ1v) is 9.77. The van der Waals surface area contributed by atoms with Crippen molar-refractivity contribution < 1.29 is 14.7 Å². The summed E-state index contributed by atoms with van der Waals surface area (Å²) in [6.07, 6.45) is -0.597. The van der Waals surface area contributed by atoms with Crippen molar-refractivity contribution in [2.45, 2.75) is 38.6 Å². The lowest BCUT2D eigenvalue weighted by Crippen LogP contribution is -2.48. The molecule has 2 unspecified atom stereocenters. The molecule has 0 aliphatic carbocycles. The van der Waals surface area contributed by atoms with Crippen molar-refractivity contribution in [3.8, 4) is 0 Å². The predicted octanol–water partition coefficient (Wildman–Crippen LogP) is 1.40. The molecule has 2 aromatic carbocycles. The van der Waals surface area contributed by atoms with Gasteiger partial charge in [0, 0.05) is 18.5 Å². The van der Waals surface area contributed by atoms with Crippen LogP contribution in [0.3, 0.4) is 0 Å². The highest BCUT2D eigenvalue weighted by atomic mass is 16.3. The minimum Gasteiger partial charge on any atom is -0.372 e. The van der Waals surface area contributed by atoms with Gasteiger partial charge >= 0.3 is 0 Å². The van der Waals surface area contributed by atoms with Gasteiger partial charge in [-0.05, 0) is 37.1 Å². The van der Waals surface area contributed by atoms with E-state index >= 15 is 0 Å². The minimum absolute atomic E-state index is 0.162. The normalized spacial score (nSPS) is 18.8. The van der Waals surface area contributed by atoms with E-state index in [0.29, 0.717) is 34.3 Å². The van der Waals surface area contributed by atoms with Crippen LogP contribution in [0.1, 0.15) is 40.6 Å². The molecule has 0 bridgehead atoms. The van der Waals surface area contributed by atoms with Gasteiger partial charge < -0.3 is 15.7 Å². The first-order chi connectivity index (χ1) is 14.5. The van der Waals surface area contributed by atoms with E-state index in [4.69, 9.17) is 0 Å². The molecule has 154 valence electrons. The van der Waals surface area contributed by atoms with Crippen LogP contribution in [0.25, 0.3) is 10.9 Å². The summed E-state index contributed by atoms with van der Waals surface area (Å²) >= 11 is 0. The molecule has 2 amide bonds. The summed E-state index contributed by atoms with van der Waals surface area (Å²) in [5.41, 5.74) is 1.39. The van der Waals surface area contributed by atoms with E-state index in [1.807, 2.05) is 6.07 Å². The second-order valence-corrected chi connectivity index (χ2v) is 7.31. The van der Waals surface area contributed by atoms with Gasteiger partial charge in [0.25, 0.3) is 11.5 Å². The van der Waals surface area contributed by atoms with Crippen LogP contribution in [-0.4, -0.2) is 32.7 Å². The average molecular weight is 406 g/mol. The molecule has 8 nitrogen and oxygen atoms in total. The number of amides is 2. The number of aromatic nitrogens is 2. The highest BCUT2D eigenvalue weighted by Gasteiger charge is 2.30. The fourth-order valence-electron chi connectivity index (χ4n) is 3.87. The Bertz CT molecular complexity index is 1170. The number of hydrogen-bond acceptors (Lipinski definition) is 5. The van der Waals surface area contributed by atoms with Crippen molar-refractivity contribution in [3.05, 3.63) is 75.8 Å². The number of aliphatic hydroxyl groups is 1. The number of carbonyl (C=O) groups excluding carboxylic acids is 2. The number of fused-ring (bicyclic) bond motifs is 1. The van der Waals surface area contributed by atoms with Crippen LogP contribution in [0.2, 0.25) is 0 Å². The van der Waals surface area contributed by atoms with Gasteiger partial charge in [-0.25, -0.2) is 4.98 Å². The standard InChI is InChI=1S/C22H22N4O4/c1-13-24-16-9-5-8-15(12-23-20(28)14-6-3-2-4-7-14)19(16)22(30)26(13)17-10-11-18(27)25-21(17)29/h2-9,17,21,29H,10-12H2,1H3,(H,23,28)(H,25,27). The van der Waals surface area contributed by atoms with Gasteiger partial charge in [-0.1, -0.05) is 30.3 Å². The number of rotatable bonds is 4. The molecule has 3 N–H and O–H groups in total. The zero-order valence-electron chi connectivity index (χ0n) is 16.5. The van der Waals surface area contributed by atoms with Crippen LogP contribution in [0.15, 0.2) is 53.3 Å². The number of carbonyl (C=O) groups is 2. The van der Waals surface area contributed by atoms with Crippen LogP contribution >= 0.6 is 0 Å². The zero-order valence-corrected chi connectivity index (χ0v) is 16.5. The fourth-order valence-corrected chi connectivity index (χ4v) is 3.87. The minimum atomic E-state index is -1.16. The van der Waals surface area contributed by atoms with Crippen LogP contribution in [0.4, 0.5) is 0 Å². The smallest absolute Gasteiger partial charge is 0.262 e. The van der Waals surface area contributed by atoms with Crippen molar-refractivity contribution >= 4 is 22.7 Å². The summed E-state index contributed by atoms with van der Waals surface area (Å²) in [5, 5.41) is 16.0. The second kappa shape index (κ2) is 8.08. The fraction of sp³-hybridized carbons (Fsp3) is 0.273. The molecule has 0 spiro atoms. The molecule has 1 aliphatic heterocycles. The first kappa shape index (κ1) is 19.8. The molecule has 1 aromatic heterocycles. The van der Waals surface area contributed by atoms with Gasteiger partial charge in [-0.3, -0.25) is 19.0 Å². The highest BCUT2D eigenvalue weighted by Crippen LogP contribution is 2.23. The molecule has 0 radical (unpaired) electrons. The topological polar surface area (TPSA) is 113 Å². The Morgan fingerprint density at radius 2 is 1.97 bits per heavy atom. The number of aliphatic hydroxyl groups excluding tert-OH is 1. The van der Waals surface area contributed by atoms with Crippen molar-refractivity contribution in [3.63, 3.8) is 0 Å². The molecular weight excluding hydrogens is 384 g/mol. The van der Waals surface area contributed by atoms with E-state index in [1.54, 1.807) is 49.4 Å². The average Bonchev–Trinajstić information content (AvgIpc) is 2.73. The molecule has 1 fully saturated rings. The molecule has 8 heteroatoms. The number of piperidine rings is 1. The lowest BCUT2D eigenvalue weighted by Gasteiger charge is -2.31. The Hall–Kier alpha value is -3.52. The summed E-state index contributed by atoms with van der Waals surface area (Å²) in [7, 11) is 0. The van der Waals surface area contributed by atoms with E-state index < -0.39 is 12.3 Å². The van der Waals surface area contributed by atoms with Crippen LogP contribution in [0, 0.1) is 6.92 Å². The molecule has 4 rings (SSSR count). The molecular formula is C22H22N4O4. The summed E-state index contributed by atoms with van der Waals surface area (Å²) in [4.78, 5) is 41.9. The van der Waals surface area contributed by atoms with E-state index in [0.717, 1.165) is 0 Å². The molecule has 1 aliphatic rings. The summed E-state index contributed by atoms with van der Waals surface area (Å²) < 4.78 is 1.44. The first-order valence-electron chi connectivity index (χ1n) is 9.77. The third kappa shape index (κ3) is 3.69.